The van der Waals surface area contributed by atoms with E-state index in [9.17, 15) is 31.5 Å². The number of hydrogen-bond acceptors (Lipinski definition) is 5. The van der Waals surface area contributed by atoms with Crippen molar-refractivity contribution >= 4 is 17.9 Å². The maximum atomic E-state index is 13.8. The highest BCUT2D eigenvalue weighted by molar-refractivity contribution is 5.96. The van der Waals surface area contributed by atoms with Gasteiger partial charge in [0, 0.05) is 19.5 Å². The van der Waals surface area contributed by atoms with Crippen molar-refractivity contribution in [3.63, 3.8) is 0 Å². The third kappa shape index (κ3) is 5.26. The van der Waals surface area contributed by atoms with Crippen molar-refractivity contribution in [2.75, 3.05) is 13.6 Å². The second-order valence-corrected chi connectivity index (χ2v) is 7.27. The number of amides is 2. The maximum absolute atomic E-state index is 13.8. The standard InChI is InChI=1S/C19H19F5N6O2/c1-11-26-28-30(27-11)9-13-7-14(19(22,23)24)5-3-12(13)4-6-16(31)29-10-18(20,21)8-15(29)17(32)25-2/h3-7,15H,8-10H2,1-2H3,(H,25,32)/t15-/m0/s1. The summed E-state index contributed by atoms with van der Waals surface area (Å²) in [5, 5.41) is 13.6. The van der Waals surface area contributed by atoms with Gasteiger partial charge >= 0.3 is 6.18 Å². The Bertz CT molecular complexity index is 1050. The zero-order valence-electron chi connectivity index (χ0n) is 17.0. The SMILES string of the molecule is CNC(=O)[C@@H]1CC(F)(F)CN1C(=O)C=Cc1ccc(C(F)(F)F)cc1Cn1nnc(C)n1. The Labute approximate surface area is 179 Å². The Balaban J connectivity index is 1.89. The highest BCUT2D eigenvalue weighted by atomic mass is 19.4. The molecule has 1 saturated heterocycles. The number of carbonyl (C=O) groups excluding carboxylic acids is 2. The minimum absolute atomic E-state index is 0.135. The number of nitrogens with one attached hydrogen (secondary N) is 1. The number of tetrazole rings is 1. The highest BCUT2D eigenvalue weighted by Gasteiger charge is 2.49. The van der Waals surface area contributed by atoms with Crippen LogP contribution in [0.15, 0.2) is 24.3 Å². The summed E-state index contributed by atoms with van der Waals surface area (Å²) in [5.74, 6) is -4.50. The molecule has 0 unspecified atom stereocenters. The van der Waals surface area contributed by atoms with Crippen molar-refractivity contribution in [3.05, 3.63) is 46.8 Å². The van der Waals surface area contributed by atoms with Gasteiger partial charge in [0.15, 0.2) is 5.82 Å². The summed E-state index contributed by atoms with van der Waals surface area (Å²) in [4.78, 5) is 26.3. The number of aromatic nitrogens is 4. The molecule has 1 aromatic heterocycles. The van der Waals surface area contributed by atoms with E-state index in [0.29, 0.717) is 5.82 Å². The Kier molecular flexibility index (Phi) is 6.28. The van der Waals surface area contributed by atoms with Gasteiger partial charge in [-0.3, -0.25) is 9.59 Å². The van der Waals surface area contributed by atoms with E-state index >= 15 is 0 Å². The Morgan fingerprint density at radius 1 is 1.31 bits per heavy atom. The van der Waals surface area contributed by atoms with E-state index in [4.69, 9.17) is 0 Å². The zero-order chi connectivity index (χ0) is 23.7. The van der Waals surface area contributed by atoms with Crippen LogP contribution in [-0.4, -0.2) is 62.5 Å². The maximum Gasteiger partial charge on any atom is 0.416 e. The van der Waals surface area contributed by atoms with Crippen LogP contribution in [0.4, 0.5) is 22.0 Å². The van der Waals surface area contributed by atoms with Crippen molar-refractivity contribution in [2.24, 2.45) is 0 Å². The molecule has 0 radical (unpaired) electrons. The van der Waals surface area contributed by atoms with Gasteiger partial charge in [0.2, 0.25) is 11.8 Å². The Hall–Kier alpha value is -3.38. The molecule has 1 aliphatic rings. The Morgan fingerprint density at radius 2 is 2.03 bits per heavy atom. The van der Waals surface area contributed by atoms with Crippen LogP contribution in [0.2, 0.25) is 0 Å². The second kappa shape index (κ2) is 8.63. The number of rotatable bonds is 5. The molecule has 2 amide bonds. The van der Waals surface area contributed by atoms with Gasteiger partial charge in [0.1, 0.15) is 6.04 Å². The molecule has 172 valence electrons. The van der Waals surface area contributed by atoms with E-state index < -0.39 is 48.5 Å². The average molecular weight is 458 g/mol. The fourth-order valence-corrected chi connectivity index (χ4v) is 3.33. The molecule has 0 saturated carbocycles. The largest absolute Gasteiger partial charge is 0.416 e. The Morgan fingerprint density at radius 3 is 2.62 bits per heavy atom. The number of hydrogen-bond donors (Lipinski definition) is 1. The number of halogens is 5. The molecule has 1 fully saturated rings. The molecule has 3 rings (SSSR count). The minimum atomic E-state index is -4.60. The summed E-state index contributed by atoms with van der Waals surface area (Å²) in [6.07, 6.45) is -3.25. The first-order valence-electron chi connectivity index (χ1n) is 9.42. The summed E-state index contributed by atoms with van der Waals surface area (Å²) in [6, 6.07) is 1.53. The van der Waals surface area contributed by atoms with Crippen LogP contribution in [0.25, 0.3) is 6.08 Å². The third-order valence-electron chi connectivity index (χ3n) is 4.84. The highest BCUT2D eigenvalue weighted by Crippen LogP contribution is 2.33. The molecule has 2 aromatic rings. The van der Waals surface area contributed by atoms with Crippen LogP contribution < -0.4 is 5.32 Å². The topological polar surface area (TPSA) is 93.0 Å². The van der Waals surface area contributed by atoms with Gasteiger partial charge in [-0.05, 0) is 41.5 Å². The number of carbonyl (C=O) groups is 2. The van der Waals surface area contributed by atoms with E-state index in [-0.39, 0.29) is 17.7 Å². The molecule has 1 aromatic carbocycles. The van der Waals surface area contributed by atoms with Crippen molar-refractivity contribution in [1.29, 1.82) is 0 Å². The smallest absolute Gasteiger partial charge is 0.357 e. The number of aryl methyl sites for hydroxylation is 1. The lowest BCUT2D eigenvalue weighted by atomic mass is 10.0. The summed E-state index contributed by atoms with van der Waals surface area (Å²) in [5.41, 5.74) is -0.550. The van der Waals surface area contributed by atoms with Crippen molar-refractivity contribution in [2.45, 2.75) is 38.0 Å². The summed E-state index contributed by atoms with van der Waals surface area (Å²) < 4.78 is 67.0. The van der Waals surface area contributed by atoms with Gasteiger partial charge in [-0.2, -0.15) is 18.0 Å². The van der Waals surface area contributed by atoms with Crippen LogP contribution in [0.3, 0.4) is 0 Å². The first kappa shape index (κ1) is 23.3. The molecule has 0 bridgehead atoms. The van der Waals surface area contributed by atoms with E-state index in [0.717, 1.165) is 34.0 Å². The fraction of sp³-hybridized carbons (Fsp3) is 0.421. The first-order chi connectivity index (χ1) is 14.9. The second-order valence-electron chi connectivity index (χ2n) is 7.27. The van der Waals surface area contributed by atoms with Gasteiger partial charge < -0.3 is 10.2 Å². The van der Waals surface area contributed by atoms with Crippen molar-refractivity contribution in [1.82, 2.24) is 30.4 Å². The summed E-state index contributed by atoms with van der Waals surface area (Å²) in [6.45, 7) is 0.460. The van der Waals surface area contributed by atoms with E-state index in [1.165, 1.54) is 13.1 Å². The monoisotopic (exact) mass is 458 g/mol. The lowest BCUT2D eigenvalue weighted by Crippen LogP contribution is -2.44. The summed E-state index contributed by atoms with van der Waals surface area (Å²) in [7, 11) is 1.27. The predicted molar refractivity (Wildman–Crippen MR) is 101 cm³/mol. The number of benzene rings is 1. The normalized spacial score (nSPS) is 18.3. The lowest BCUT2D eigenvalue weighted by molar-refractivity contribution is -0.137. The molecule has 8 nitrogen and oxygen atoms in total. The van der Waals surface area contributed by atoms with Crippen molar-refractivity contribution < 1.29 is 31.5 Å². The van der Waals surface area contributed by atoms with Crippen LogP contribution in [0.1, 0.15) is 28.9 Å². The number of likely N-dealkylation sites (N-methyl/N-ethyl adjacent to an activating group) is 1. The van der Waals surface area contributed by atoms with E-state index in [1.807, 2.05) is 0 Å². The van der Waals surface area contributed by atoms with Gasteiger partial charge in [0.05, 0.1) is 18.7 Å². The number of nitrogens with zero attached hydrogens (tertiary/aromatic N) is 5. The first-order valence-corrected chi connectivity index (χ1v) is 9.42. The van der Waals surface area contributed by atoms with E-state index in [2.05, 4.69) is 20.7 Å². The van der Waals surface area contributed by atoms with Crippen LogP contribution in [0.5, 0.6) is 0 Å². The fourth-order valence-electron chi connectivity index (χ4n) is 3.33. The lowest BCUT2D eigenvalue weighted by Gasteiger charge is -2.21. The van der Waals surface area contributed by atoms with Gasteiger partial charge in [-0.1, -0.05) is 6.07 Å². The van der Waals surface area contributed by atoms with Crippen LogP contribution >= 0.6 is 0 Å². The molecule has 1 aliphatic heterocycles. The van der Waals surface area contributed by atoms with E-state index in [1.54, 1.807) is 6.92 Å². The molecule has 32 heavy (non-hydrogen) atoms. The predicted octanol–water partition coefficient (Wildman–Crippen LogP) is 2.04. The minimum Gasteiger partial charge on any atom is -0.357 e. The molecule has 1 N–H and O–H groups in total. The molecule has 0 spiro atoms. The molecule has 13 heteroatoms. The average Bonchev–Trinajstić information content (AvgIpc) is 3.27. The third-order valence-corrected chi connectivity index (χ3v) is 4.84. The molecule has 1 atom stereocenters. The quantitative estimate of drug-likeness (QED) is 0.547. The number of likely N-dealkylation sites (tertiary alicyclic amines) is 1. The van der Waals surface area contributed by atoms with Gasteiger partial charge in [-0.25, -0.2) is 8.78 Å². The van der Waals surface area contributed by atoms with Gasteiger partial charge in [-0.15, -0.1) is 10.2 Å². The zero-order valence-corrected chi connectivity index (χ0v) is 17.0. The van der Waals surface area contributed by atoms with Crippen molar-refractivity contribution in [3.8, 4) is 0 Å². The van der Waals surface area contributed by atoms with Crippen LogP contribution in [0, 0.1) is 6.92 Å². The molecular weight excluding hydrogens is 439 g/mol. The molecular formula is C19H19F5N6O2. The molecule has 2 heterocycles. The van der Waals surface area contributed by atoms with Crippen LogP contribution in [-0.2, 0) is 22.3 Å². The summed E-state index contributed by atoms with van der Waals surface area (Å²) >= 11 is 0. The molecule has 0 aliphatic carbocycles. The number of alkyl halides is 5. The van der Waals surface area contributed by atoms with Gasteiger partial charge in [0.25, 0.3) is 5.92 Å².